The van der Waals surface area contributed by atoms with Crippen molar-refractivity contribution in [2.75, 3.05) is 20.7 Å². The maximum Gasteiger partial charge on any atom is 0.253 e. The van der Waals surface area contributed by atoms with E-state index in [0.717, 1.165) is 0 Å². The van der Waals surface area contributed by atoms with Crippen LogP contribution in [0.25, 0.3) is 0 Å². The molecule has 1 aromatic carbocycles. The molecule has 0 heterocycles. The summed E-state index contributed by atoms with van der Waals surface area (Å²) in [6.45, 7) is 2.48. The van der Waals surface area contributed by atoms with Gasteiger partial charge in [0, 0.05) is 26.3 Å². The van der Waals surface area contributed by atoms with Crippen molar-refractivity contribution in [3.8, 4) is 0 Å². The molecular weight excluding hydrogens is 268 g/mol. The van der Waals surface area contributed by atoms with E-state index in [-0.39, 0.29) is 23.0 Å². The predicted molar refractivity (Wildman–Crippen MR) is 71.2 cm³/mol. The first-order chi connectivity index (χ1) is 8.81. The molecule has 106 valence electrons. The standard InChI is InChI=1S/C12H18N2O4S/c1-4-14(2)12(15)9-5-6-10(8-18-3)11(7-9)19(13,16)17/h5-7H,4,8H2,1-3H3,(H2,13,16,17). The molecule has 1 aromatic rings. The van der Waals surface area contributed by atoms with Crippen LogP contribution in [0.15, 0.2) is 23.1 Å². The number of primary sulfonamides is 1. The number of nitrogens with zero attached hydrogens (tertiary/aromatic N) is 1. The summed E-state index contributed by atoms with van der Waals surface area (Å²) in [5, 5.41) is 5.16. The van der Waals surface area contributed by atoms with Gasteiger partial charge in [0.15, 0.2) is 0 Å². The lowest BCUT2D eigenvalue weighted by molar-refractivity contribution is 0.0802. The molecule has 0 aliphatic heterocycles. The second-order valence-corrected chi connectivity index (χ2v) is 5.65. The van der Waals surface area contributed by atoms with Crippen molar-refractivity contribution in [3.05, 3.63) is 29.3 Å². The van der Waals surface area contributed by atoms with E-state index in [1.54, 1.807) is 19.2 Å². The molecule has 0 fully saturated rings. The van der Waals surface area contributed by atoms with Gasteiger partial charge in [-0.25, -0.2) is 13.6 Å². The lowest BCUT2D eigenvalue weighted by Crippen LogP contribution is -2.26. The first-order valence-corrected chi connectivity index (χ1v) is 7.26. The van der Waals surface area contributed by atoms with E-state index in [4.69, 9.17) is 9.88 Å². The van der Waals surface area contributed by atoms with Crippen LogP contribution in [0.5, 0.6) is 0 Å². The summed E-state index contributed by atoms with van der Waals surface area (Å²) >= 11 is 0. The lowest BCUT2D eigenvalue weighted by Gasteiger charge is -2.16. The predicted octanol–water partition coefficient (Wildman–Crippen LogP) is 0.572. The third-order valence-electron chi connectivity index (χ3n) is 2.74. The Bertz CT molecular complexity index is 569. The number of carbonyl (C=O) groups excluding carboxylic acids is 1. The maximum absolute atomic E-state index is 12.0. The van der Waals surface area contributed by atoms with Crippen molar-refractivity contribution in [2.24, 2.45) is 5.14 Å². The second kappa shape index (κ2) is 6.14. The van der Waals surface area contributed by atoms with E-state index >= 15 is 0 Å². The van der Waals surface area contributed by atoms with Gasteiger partial charge < -0.3 is 9.64 Å². The van der Waals surface area contributed by atoms with Gasteiger partial charge in [0.25, 0.3) is 5.91 Å². The molecule has 1 amide bonds. The number of benzene rings is 1. The van der Waals surface area contributed by atoms with Gasteiger partial charge in [-0.15, -0.1) is 0 Å². The Hall–Kier alpha value is -1.44. The van der Waals surface area contributed by atoms with Gasteiger partial charge in [-0.1, -0.05) is 6.07 Å². The number of methoxy groups -OCH3 is 1. The highest BCUT2D eigenvalue weighted by Gasteiger charge is 2.18. The summed E-state index contributed by atoms with van der Waals surface area (Å²) in [6, 6.07) is 4.40. The molecule has 0 radical (unpaired) electrons. The number of carbonyl (C=O) groups is 1. The minimum absolute atomic E-state index is 0.0790. The average molecular weight is 286 g/mol. The topological polar surface area (TPSA) is 89.7 Å². The van der Waals surface area contributed by atoms with Crippen LogP contribution in [-0.4, -0.2) is 39.9 Å². The number of hydrogen-bond acceptors (Lipinski definition) is 4. The van der Waals surface area contributed by atoms with Crippen molar-refractivity contribution in [3.63, 3.8) is 0 Å². The molecule has 0 unspecified atom stereocenters. The minimum Gasteiger partial charge on any atom is -0.380 e. The van der Waals surface area contributed by atoms with Gasteiger partial charge in [0.2, 0.25) is 10.0 Å². The van der Waals surface area contributed by atoms with E-state index in [9.17, 15) is 13.2 Å². The summed E-state index contributed by atoms with van der Waals surface area (Å²) in [5.41, 5.74) is 0.717. The summed E-state index contributed by atoms with van der Waals surface area (Å²) in [7, 11) is -0.799. The van der Waals surface area contributed by atoms with Crippen molar-refractivity contribution >= 4 is 15.9 Å². The van der Waals surface area contributed by atoms with Gasteiger partial charge in [-0.2, -0.15) is 0 Å². The lowest BCUT2D eigenvalue weighted by atomic mass is 10.1. The molecule has 0 saturated carbocycles. The summed E-state index contributed by atoms with van der Waals surface area (Å²) in [6.07, 6.45) is 0. The Morgan fingerprint density at radius 3 is 2.53 bits per heavy atom. The first kappa shape index (κ1) is 15.6. The van der Waals surface area contributed by atoms with Gasteiger partial charge >= 0.3 is 0 Å². The molecule has 0 aliphatic carbocycles. The number of ether oxygens (including phenoxy) is 1. The van der Waals surface area contributed by atoms with Gasteiger partial charge in [0.1, 0.15) is 0 Å². The Morgan fingerprint density at radius 2 is 2.05 bits per heavy atom. The van der Waals surface area contributed by atoms with Gasteiger partial charge in [0.05, 0.1) is 11.5 Å². The monoisotopic (exact) mass is 286 g/mol. The van der Waals surface area contributed by atoms with Crippen LogP contribution in [0.1, 0.15) is 22.8 Å². The fourth-order valence-electron chi connectivity index (χ4n) is 1.59. The van der Waals surface area contributed by atoms with Crippen molar-refractivity contribution in [1.29, 1.82) is 0 Å². The molecule has 19 heavy (non-hydrogen) atoms. The molecule has 0 spiro atoms. The first-order valence-electron chi connectivity index (χ1n) is 5.71. The number of rotatable bonds is 5. The Morgan fingerprint density at radius 1 is 1.42 bits per heavy atom. The van der Waals surface area contributed by atoms with Crippen LogP contribution in [0.3, 0.4) is 0 Å². The highest BCUT2D eigenvalue weighted by molar-refractivity contribution is 7.89. The fraction of sp³-hybridized carbons (Fsp3) is 0.417. The van der Waals surface area contributed by atoms with E-state index in [2.05, 4.69) is 0 Å². The SMILES string of the molecule is CCN(C)C(=O)c1ccc(COC)c(S(N)(=O)=O)c1. The highest BCUT2D eigenvalue weighted by Crippen LogP contribution is 2.18. The largest absolute Gasteiger partial charge is 0.380 e. The summed E-state index contributed by atoms with van der Waals surface area (Å²) in [4.78, 5) is 13.4. The van der Waals surface area contributed by atoms with E-state index in [1.165, 1.54) is 18.1 Å². The zero-order valence-corrected chi connectivity index (χ0v) is 12.0. The molecule has 6 nitrogen and oxygen atoms in total. The number of hydrogen-bond donors (Lipinski definition) is 1. The second-order valence-electron chi connectivity index (χ2n) is 4.12. The quantitative estimate of drug-likeness (QED) is 0.857. The van der Waals surface area contributed by atoms with Crippen molar-refractivity contribution < 1.29 is 17.9 Å². The molecule has 0 aliphatic rings. The van der Waals surface area contributed by atoms with Gasteiger partial charge in [-0.05, 0) is 24.6 Å². The zero-order chi connectivity index (χ0) is 14.6. The Balaban J connectivity index is 3.30. The smallest absolute Gasteiger partial charge is 0.253 e. The third-order valence-corrected chi connectivity index (χ3v) is 3.73. The molecule has 0 bridgehead atoms. The molecule has 7 heteroatoms. The van der Waals surface area contributed by atoms with Crippen LogP contribution in [0, 0.1) is 0 Å². The number of nitrogens with two attached hydrogens (primary N) is 1. The highest BCUT2D eigenvalue weighted by atomic mass is 32.2. The van der Waals surface area contributed by atoms with Crippen LogP contribution < -0.4 is 5.14 Å². The van der Waals surface area contributed by atoms with E-state index in [0.29, 0.717) is 12.1 Å². The molecule has 0 atom stereocenters. The third kappa shape index (κ3) is 3.76. The Labute approximate surface area is 113 Å². The van der Waals surface area contributed by atoms with E-state index in [1.807, 2.05) is 6.92 Å². The molecule has 2 N–H and O–H groups in total. The van der Waals surface area contributed by atoms with E-state index < -0.39 is 10.0 Å². The van der Waals surface area contributed by atoms with Crippen LogP contribution in [0.4, 0.5) is 0 Å². The summed E-state index contributed by atoms with van der Waals surface area (Å²) < 4.78 is 28.0. The fourth-order valence-corrected chi connectivity index (χ4v) is 2.37. The zero-order valence-electron chi connectivity index (χ0n) is 11.2. The minimum atomic E-state index is -3.89. The normalized spacial score (nSPS) is 11.4. The van der Waals surface area contributed by atoms with Crippen LogP contribution >= 0.6 is 0 Å². The van der Waals surface area contributed by atoms with Crippen molar-refractivity contribution in [2.45, 2.75) is 18.4 Å². The number of amides is 1. The average Bonchev–Trinajstić information content (AvgIpc) is 2.36. The molecular formula is C12H18N2O4S. The number of sulfonamides is 1. The van der Waals surface area contributed by atoms with Crippen LogP contribution in [0.2, 0.25) is 0 Å². The van der Waals surface area contributed by atoms with Crippen LogP contribution in [-0.2, 0) is 21.4 Å². The van der Waals surface area contributed by atoms with Gasteiger partial charge in [-0.3, -0.25) is 4.79 Å². The molecule has 0 saturated heterocycles. The Kier molecular flexibility index (Phi) is 5.04. The van der Waals surface area contributed by atoms with Crippen molar-refractivity contribution in [1.82, 2.24) is 4.90 Å². The molecule has 0 aromatic heterocycles. The molecule has 1 rings (SSSR count). The summed E-state index contributed by atoms with van der Waals surface area (Å²) in [5.74, 6) is -0.253. The maximum atomic E-state index is 12.0.